The van der Waals surface area contributed by atoms with Gasteiger partial charge >= 0.3 is 11.9 Å². The van der Waals surface area contributed by atoms with E-state index in [4.69, 9.17) is 21.1 Å². The maximum atomic E-state index is 13.5. The summed E-state index contributed by atoms with van der Waals surface area (Å²) in [5.74, 6) is -0.616. The SMILES string of the molecule is CCOC(=O)C1=C(C)N=c2s/c(=C\c3cccc(Cl)c3)c(=O)n2C1c1ccc(OC(C)=O)cc1. The topological polar surface area (TPSA) is 87.0 Å². The molecule has 0 N–H and O–H groups in total. The van der Waals surface area contributed by atoms with Crippen molar-refractivity contribution in [1.82, 2.24) is 4.57 Å². The Hall–Kier alpha value is -3.49. The van der Waals surface area contributed by atoms with Crippen molar-refractivity contribution in [2.45, 2.75) is 26.8 Å². The molecule has 0 saturated carbocycles. The van der Waals surface area contributed by atoms with Crippen LogP contribution in [0.1, 0.15) is 37.9 Å². The van der Waals surface area contributed by atoms with Gasteiger partial charge in [-0.25, -0.2) is 9.79 Å². The maximum absolute atomic E-state index is 13.5. The summed E-state index contributed by atoms with van der Waals surface area (Å²) in [6.45, 7) is 4.95. The number of allylic oxidation sites excluding steroid dienone is 1. The van der Waals surface area contributed by atoms with Crippen LogP contribution in [0.4, 0.5) is 0 Å². The highest BCUT2D eigenvalue weighted by Crippen LogP contribution is 2.31. The van der Waals surface area contributed by atoms with E-state index >= 15 is 0 Å². The number of carbonyl (C=O) groups excluding carboxylic acids is 2. The Balaban J connectivity index is 1.91. The number of nitrogens with zero attached hydrogens (tertiary/aromatic N) is 2. The molecule has 0 fully saturated rings. The van der Waals surface area contributed by atoms with E-state index in [-0.39, 0.29) is 17.7 Å². The first-order valence-electron chi connectivity index (χ1n) is 10.5. The fourth-order valence-corrected chi connectivity index (χ4v) is 4.98. The van der Waals surface area contributed by atoms with Crippen LogP contribution in [-0.2, 0) is 14.3 Å². The van der Waals surface area contributed by atoms with Gasteiger partial charge in [0.15, 0.2) is 4.80 Å². The van der Waals surface area contributed by atoms with Crippen LogP contribution in [-0.4, -0.2) is 23.1 Å². The number of thiazole rings is 1. The molecule has 1 atom stereocenters. The molecule has 0 aliphatic carbocycles. The summed E-state index contributed by atoms with van der Waals surface area (Å²) < 4.78 is 12.4. The van der Waals surface area contributed by atoms with Crippen LogP contribution in [0.15, 0.2) is 69.6 Å². The van der Waals surface area contributed by atoms with Crippen LogP contribution in [0, 0.1) is 0 Å². The number of hydrogen-bond donors (Lipinski definition) is 0. The lowest BCUT2D eigenvalue weighted by Gasteiger charge is -2.24. The van der Waals surface area contributed by atoms with E-state index in [0.29, 0.717) is 31.4 Å². The fraction of sp³-hybridized carbons (Fsp3) is 0.200. The molecule has 9 heteroatoms. The third-order valence-corrected chi connectivity index (χ3v) is 6.34. The zero-order valence-corrected chi connectivity index (χ0v) is 20.3. The van der Waals surface area contributed by atoms with Crippen molar-refractivity contribution in [3.63, 3.8) is 0 Å². The Kier molecular flexibility index (Phi) is 6.81. The minimum absolute atomic E-state index is 0.187. The quantitative estimate of drug-likeness (QED) is 0.399. The molecule has 1 aromatic heterocycles. The summed E-state index contributed by atoms with van der Waals surface area (Å²) in [7, 11) is 0. The van der Waals surface area contributed by atoms with Crippen molar-refractivity contribution in [1.29, 1.82) is 0 Å². The van der Waals surface area contributed by atoms with Crippen LogP contribution in [0.2, 0.25) is 5.02 Å². The third kappa shape index (κ3) is 4.73. The second-order valence-corrected chi connectivity index (χ2v) is 8.97. The minimum Gasteiger partial charge on any atom is -0.463 e. The van der Waals surface area contributed by atoms with E-state index in [1.807, 2.05) is 12.1 Å². The number of rotatable bonds is 5. The Morgan fingerprint density at radius 1 is 1.21 bits per heavy atom. The first kappa shape index (κ1) is 23.7. The van der Waals surface area contributed by atoms with E-state index in [0.717, 1.165) is 5.56 Å². The molecule has 0 bridgehead atoms. The molecule has 0 radical (unpaired) electrons. The Labute approximate surface area is 204 Å². The maximum Gasteiger partial charge on any atom is 0.338 e. The van der Waals surface area contributed by atoms with Crippen molar-refractivity contribution < 1.29 is 19.1 Å². The summed E-state index contributed by atoms with van der Waals surface area (Å²) in [5.41, 5.74) is 1.91. The van der Waals surface area contributed by atoms with Gasteiger partial charge in [0.2, 0.25) is 0 Å². The molecule has 0 saturated heterocycles. The molecule has 4 rings (SSSR count). The van der Waals surface area contributed by atoms with E-state index in [2.05, 4.69) is 4.99 Å². The molecule has 0 spiro atoms. The standard InChI is InChI=1S/C25H21ClN2O5S/c1-4-32-24(31)21-14(2)27-25-28(22(21)17-8-10-19(11-9-17)33-15(3)29)23(30)20(34-25)13-16-6-5-7-18(26)12-16/h5-13,22H,4H2,1-3H3/b20-13-. The number of halogens is 1. The number of hydrogen-bond acceptors (Lipinski definition) is 7. The number of carbonyl (C=O) groups is 2. The largest absolute Gasteiger partial charge is 0.463 e. The van der Waals surface area contributed by atoms with E-state index < -0.39 is 18.0 Å². The van der Waals surface area contributed by atoms with Gasteiger partial charge in [-0.3, -0.25) is 14.2 Å². The minimum atomic E-state index is -0.747. The van der Waals surface area contributed by atoms with Crippen LogP contribution >= 0.6 is 22.9 Å². The van der Waals surface area contributed by atoms with E-state index in [1.54, 1.807) is 56.3 Å². The number of benzene rings is 2. The second kappa shape index (κ2) is 9.79. The van der Waals surface area contributed by atoms with Gasteiger partial charge in [0.25, 0.3) is 5.56 Å². The van der Waals surface area contributed by atoms with Gasteiger partial charge in [0.05, 0.1) is 28.5 Å². The molecule has 174 valence electrons. The molecule has 34 heavy (non-hydrogen) atoms. The highest BCUT2D eigenvalue weighted by Gasteiger charge is 2.33. The summed E-state index contributed by atoms with van der Waals surface area (Å²) in [5, 5.41) is 0.563. The molecule has 7 nitrogen and oxygen atoms in total. The number of ether oxygens (including phenoxy) is 2. The molecule has 1 aliphatic rings. The molecule has 0 amide bonds. The highest BCUT2D eigenvalue weighted by atomic mass is 35.5. The van der Waals surface area contributed by atoms with Crippen LogP contribution < -0.4 is 19.6 Å². The Bertz CT molecular complexity index is 1480. The highest BCUT2D eigenvalue weighted by molar-refractivity contribution is 7.07. The zero-order valence-electron chi connectivity index (χ0n) is 18.7. The predicted molar refractivity (Wildman–Crippen MR) is 130 cm³/mol. The molecular weight excluding hydrogens is 476 g/mol. The average molecular weight is 497 g/mol. The van der Waals surface area contributed by atoms with E-state index in [9.17, 15) is 14.4 Å². The lowest BCUT2D eigenvalue weighted by atomic mass is 9.96. The van der Waals surface area contributed by atoms with Crippen molar-refractivity contribution in [2.75, 3.05) is 6.61 Å². The van der Waals surface area contributed by atoms with E-state index in [1.165, 1.54) is 22.8 Å². The van der Waals surface area contributed by atoms with Gasteiger partial charge in [0, 0.05) is 11.9 Å². The zero-order chi connectivity index (χ0) is 24.4. The Morgan fingerprint density at radius 2 is 1.94 bits per heavy atom. The molecule has 3 aromatic rings. The first-order valence-corrected chi connectivity index (χ1v) is 11.7. The van der Waals surface area contributed by atoms with Crippen molar-refractivity contribution in [3.05, 3.63) is 95.6 Å². The molecule has 2 aromatic carbocycles. The molecule has 1 unspecified atom stereocenters. The average Bonchev–Trinajstić information content (AvgIpc) is 3.07. The van der Waals surface area contributed by atoms with Gasteiger partial charge in [-0.15, -0.1) is 0 Å². The monoisotopic (exact) mass is 496 g/mol. The summed E-state index contributed by atoms with van der Waals surface area (Å²) in [4.78, 5) is 42.8. The smallest absolute Gasteiger partial charge is 0.338 e. The van der Waals surface area contributed by atoms with Gasteiger partial charge in [-0.1, -0.05) is 47.2 Å². The summed E-state index contributed by atoms with van der Waals surface area (Å²) in [6, 6.07) is 13.1. The van der Waals surface area contributed by atoms with Crippen molar-refractivity contribution in [2.24, 2.45) is 4.99 Å². The van der Waals surface area contributed by atoms with Gasteiger partial charge < -0.3 is 9.47 Å². The fourth-order valence-electron chi connectivity index (χ4n) is 3.74. The third-order valence-electron chi connectivity index (χ3n) is 5.12. The predicted octanol–water partition coefficient (Wildman–Crippen LogP) is 3.38. The number of aromatic nitrogens is 1. The number of esters is 2. The van der Waals surface area contributed by atoms with Crippen LogP contribution in [0.3, 0.4) is 0 Å². The lowest BCUT2D eigenvalue weighted by molar-refractivity contribution is -0.139. The van der Waals surface area contributed by atoms with Crippen molar-refractivity contribution >= 4 is 41.0 Å². The normalized spacial score (nSPS) is 15.5. The molecular formula is C25H21ClN2O5S. The first-order chi connectivity index (χ1) is 16.3. The lowest BCUT2D eigenvalue weighted by Crippen LogP contribution is -2.39. The second-order valence-electron chi connectivity index (χ2n) is 7.52. The number of fused-ring (bicyclic) bond motifs is 1. The van der Waals surface area contributed by atoms with Gasteiger partial charge in [-0.2, -0.15) is 0 Å². The molecule has 2 heterocycles. The Morgan fingerprint density at radius 3 is 2.59 bits per heavy atom. The molecule has 1 aliphatic heterocycles. The van der Waals surface area contributed by atoms with Crippen LogP contribution in [0.25, 0.3) is 6.08 Å². The summed E-state index contributed by atoms with van der Waals surface area (Å²) in [6.07, 6.45) is 1.75. The van der Waals surface area contributed by atoms with Gasteiger partial charge in [-0.05, 0) is 55.3 Å². The van der Waals surface area contributed by atoms with Gasteiger partial charge in [0.1, 0.15) is 5.75 Å². The van der Waals surface area contributed by atoms with Crippen LogP contribution in [0.5, 0.6) is 5.75 Å². The van der Waals surface area contributed by atoms with Crippen molar-refractivity contribution in [3.8, 4) is 5.75 Å². The summed E-state index contributed by atoms with van der Waals surface area (Å²) >= 11 is 7.33.